The predicted octanol–water partition coefficient (Wildman–Crippen LogP) is 2.83. The van der Waals surface area contributed by atoms with E-state index in [1.165, 1.54) is 22.8 Å². The van der Waals surface area contributed by atoms with E-state index in [0.29, 0.717) is 0 Å². The Morgan fingerprint density at radius 2 is 1.92 bits per heavy atom. The minimum atomic E-state index is -4.62. The Morgan fingerprint density at radius 3 is 2.23 bits per heavy atom. The summed E-state index contributed by atoms with van der Waals surface area (Å²) in [4.78, 5) is 0.750. The smallest absolute Gasteiger partial charge is 0.376 e. The minimum Gasteiger partial charge on any atom is -0.376 e. The summed E-state index contributed by atoms with van der Waals surface area (Å²) in [6.07, 6.45) is -4.62. The van der Waals surface area contributed by atoms with Crippen LogP contribution in [0.2, 0.25) is 0 Å². The van der Waals surface area contributed by atoms with E-state index >= 15 is 0 Å². The fraction of sp³-hybridized carbons (Fsp3) is 0.500. The summed E-state index contributed by atoms with van der Waals surface area (Å²) in [6.45, 7) is 2.45. The highest BCUT2D eigenvalue weighted by Gasteiger charge is 2.51. The van der Waals surface area contributed by atoms with E-state index in [9.17, 15) is 18.3 Å². The Morgan fingerprint density at radius 1 is 1.38 bits per heavy atom. The van der Waals surface area contributed by atoms with E-state index in [1.807, 2.05) is 0 Å². The van der Waals surface area contributed by atoms with Crippen LogP contribution < -0.4 is 0 Å². The molecule has 0 aliphatic carbocycles. The highest BCUT2D eigenvalue weighted by molar-refractivity contribution is 7.10. The average Bonchev–Trinajstić information content (AvgIpc) is 2.33. The van der Waals surface area contributed by atoms with Gasteiger partial charge in [-0.1, -0.05) is 0 Å². The lowest BCUT2D eigenvalue weighted by Gasteiger charge is -2.25. The first kappa shape index (κ1) is 10.5. The Bertz CT molecular complexity index is 301. The van der Waals surface area contributed by atoms with Gasteiger partial charge in [0.25, 0.3) is 0 Å². The Labute approximate surface area is 77.8 Å². The first-order valence-corrected chi connectivity index (χ1v) is 4.48. The second kappa shape index (κ2) is 2.99. The Balaban J connectivity index is 3.07. The molecule has 0 aliphatic rings. The molecule has 1 unspecified atom stereocenters. The van der Waals surface area contributed by atoms with Crippen molar-refractivity contribution >= 4 is 11.3 Å². The second-order valence-corrected chi connectivity index (χ2v) is 4.13. The van der Waals surface area contributed by atoms with Gasteiger partial charge in [-0.05, 0) is 25.3 Å². The van der Waals surface area contributed by atoms with Crippen LogP contribution in [-0.2, 0) is 5.60 Å². The van der Waals surface area contributed by atoms with Crippen molar-refractivity contribution in [2.45, 2.75) is 25.6 Å². The Kier molecular flexibility index (Phi) is 2.42. The van der Waals surface area contributed by atoms with Gasteiger partial charge in [0.2, 0.25) is 0 Å². The summed E-state index contributed by atoms with van der Waals surface area (Å²) in [5.41, 5.74) is -2.83. The fourth-order valence-corrected chi connectivity index (χ4v) is 1.67. The van der Waals surface area contributed by atoms with Gasteiger partial charge in [-0.25, -0.2) is 0 Å². The molecule has 0 spiro atoms. The molecule has 0 saturated heterocycles. The normalized spacial score (nSPS) is 17.1. The maximum atomic E-state index is 12.3. The van der Waals surface area contributed by atoms with Gasteiger partial charge in [0, 0.05) is 10.4 Å². The van der Waals surface area contributed by atoms with Crippen molar-refractivity contribution in [2.24, 2.45) is 0 Å². The summed E-state index contributed by atoms with van der Waals surface area (Å²) in [5.74, 6) is 0. The molecule has 1 nitrogen and oxygen atoms in total. The Hall–Kier alpha value is -0.550. The van der Waals surface area contributed by atoms with Gasteiger partial charge >= 0.3 is 6.18 Å². The zero-order chi connectivity index (χ0) is 10.3. The van der Waals surface area contributed by atoms with Crippen LogP contribution in [0.4, 0.5) is 13.2 Å². The van der Waals surface area contributed by atoms with E-state index in [2.05, 4.69) is 0 Å². The maximum Gasteiger partial charge on any atom is 0.421 e. The SMILES string of the molecule is Cc1cc(C(C)(O)C(F)(F)F)cs1. The highest BCUT2D eigenvalue weighted by Crippen LogP contribution is 2.39. The first-order chi connectivity index (χ1) is 5.75. The number of hydrogen-bond donors (Lipinski definition) is 1. The molecule has 1 heterocycles. The average molecular weight is 210 g/mol. The molecule has 13 heavy (non-hydrogen) atoms. The minimum absolute atomic E-state index is 0.0949. The van der Waals surface area contributed by atoms with Crippen LogP contribution in [0.1, 0.15) is 17.4 Å². The summed E-state index contributed by atoms with van der Waals surface area (Å²) in [5, 5.41) is 10.5. The topological polar surface area (TPSA) is 20.2 Å². The van der Waals surface area contributed by atoms with E-state index in [1.54, 1.807) is 6.92 Å². The standard InChI is InChI=1S/C8H9F3OS/c1-5-3-6(4-13-5)7(2,12)8(9,10)11/h3-4,12H,1-2H3. The zero-order valence-electron chi connectivity index (χ0n) is 7.14. The van der Waals surface area contributed by atoms with Gasteiger partial charge < -0.3 is 5.11 Å². The monoisotopic (exact) mass is 210 g/mol. The fourth-order valence-electron chi connectivity index (χ4n) is 0.862. The molecule has 0 amide bonds. The molecular weight excluding hydrogens is 201 g/mol. The number of halogens is 3. The van der Waals surface area contributed by atoms with Gasteiger partial charge in [-0.3, -0.25) is 0 Å². The number of aryl methyl sites for hydroxylation is 1. The highest BCUT2D eigenvalue weighted by atomic mass is 32.1. The van der Waals surface area contributed by atoms with Crippen LogP contribution in [0.15, 0.2) is 11.4 Å². The molecule has 0 aliphatic heterocycles. The van der Waals surface area contributed by atoms with Crippen LogP contribution in [-0.4, -0.2) is 11.3 Å². The quantitative estimate of drug-likeness (QED) is 0.755. The third-order valence-corrected chi connectivity index (χ3v) is 2.71. The van der Waals surface area contributed by atoms with Gasteiger partial charge in [-0.2, -0.15) is 13.2 Å². The molecule has 0 aromatic carbocycles. The van der Waals surface area contributed by atoms with Crippen molar-refractivity contribution in [3.05, 3.63) is 21.9 Å². The van der Waals surface area contributed by atoms with E-state index in [-0.39, 0.29) is 5.56 Å². The largest absolute Gasteiger partial charge is 0.421 e. The van der Waals surface area contributed by atoms with Crippen molar-refractivity contribution in [1.29, 1.82) is 0 Å². The predicted molar refractivity (Wildman–Crippen MR) is 44.7 cm³/mol. The molecule has 0 bridgehead atoms. The molecular formula is C8H9F3OS. The lowest BCUT2D eigenvalue weighted by molar-refractivity contribution is -0.258. The van der Waals surface area contributed by atoms with Gasteiger partial charge in [0.05, 0.1) is 0 Å². The van der Waals surface area contributed by atoms with Crippen LogP contribution in [0.25, 0.3) is 0 Å². The molecule has 0 radical (unpaired) electrons. The molecule has 0 fully saturated rings. The first-order valence-electron chi connectivity index (χ1n) is 3.60. The second-order valence-electron chi connectivity index (χ2n) is 3.02. The lowest BCUT2D eigenvalue weighted by atomic mass is 9.98. The summed E-state index contributed by atoms with van der Waals surface area (Å²) in [6, 6.07) is 1.35. The van der Waals surface area contributed by atoms with Crippen LogP contribution in [0.3, 0.4) is 0 Å². The van der Waals surface area contributed by atoms with Crippen molar-refractivity contribution in [2.75, 3.05) is 0 Å². The van der Waals surface area contributed by atoms with Crippen molar-refractivity contribution < 1.29 is 18.3 Å². The van der Waals surface area contributed by atoms with Crippen LogP contribution in [0, 0.1) is 6.92 Å². The molecule has 1 aromatic rings. The molecule has 5 heteroatoms. The maximum absolute atomic E-state index is 12.3. The van der Waals surface area contributed by atoms with Gasteiger partial charge in [0.1, 0.15) is 0 Å². The zero-order valence-corrected chi connectivity index (χ0v) is 7.96. The van der Waals surface area contributed by atoms with Crippen molar-refractivity contribution in [3.63, 3.8) is 0 Å². The van der Waals surface area contributed by atoms with E-state index in [0.717, 1.165) is 11.8 Å². The number of aliphatic hydroxyl groups is 1. The van der Waals surface area contributed by atoms with E-state index in [4.69, 9.17) is 0 Å². The lowest BCUT2D eigenvalue weighted by Crippen LogP contribution is -2.38. The van der Waals surface area contributed by atoms with Crippen molar-refractivity contribution in [3.8, 4) is 0 Å². The number of hydrogen-bond acceptors (Lipinski definition) is 2. The van der Waals surface area contributed by atoms with Gasteiger partial charge in [0.15, 0.2) is 5.60 Å². The molecule has 1 atom stereocenters. The molecule has 1 aromatic heterocycles. The van der Waals surface area contributed by atoms with Crippen LogP contribution >= 0.6 is 11.3 Å². The molecule has 0 saturated carbocycles. The van der Waals surface area contributed by atoms with Gasteiger partial charge in [-0.15, -0.1) is 11.3 Å². The molecule has 74 valence electrons. The summed E-state index contributed by atoms with van der Waals surface area (Å²) >= 11 is 1.19. The summed E-state index contributed by atoms with van der Waals surface area (Å²) < 4.78 is 36.8. The summed E-state index contributed by atoms with van der Waals surface area (Å²) in [7, 11) is 0. The number of alkyl halides is 3. The van der Waals surface area contributed by atoms with E-state index < -0.39 is 11.8 Å². The number of thiophene rings is 1. The third kappa shape index (κ3) is 1.86. The molecule has 1 rings (SSSR count). The molecule has 1 N–H and O–H groups in total. The third-order valence-electron chi connectivity index (χ3n) is 1.84. The van der Waals surface area contributed by atoms with Crippen LogP contribution in [0.5, 0.6) is 0 Å². The number of rotatable bonds is 1. The van der Waals surface area contributed by atoms with Crippen molar-refractivity contribution in [1.82, 2.24) is 0 Å².